The Kier molecular flexibility index (Phi) is 6.02. The minimum absolute atomic E-state index is 0.730. The van der Waals surface area contributed by atoms with Gasteiger partial charge in [-0.1, -0.05) is 31.4 Å². The predicted octanol–water partition coefficient (Wildman–Crippen LogP) is 3.30. The van der Waals surface area contributed by atoms with E-state index in [1.807, 2.05) is 24.3 Å². The number of benzene rings is 1. The zero-order valence-electron chi connectivity index (χ0n) is 11.8. The van der Waals surface area contributed by atoms with Gasteiger partial charge in [-0.3, -0.25) is 0 Å². The Morgan fingerprint density at radius 2 is 1.68 bits per heavy atom. The second-order valence-corrected chi connectivity index (χ2v) is 5.35. The van der Waals surface area contributed by atoms with E-state index in [0.29, 0.717) is 0 Å². The molecule has 1 aliphatic heterocycles. The van der Waals surface area contributed by atoms with Gasteiger partial charge >= 0.3 is 0 Å². The molecule has 3 nitrogen and oxygen atoms in total. The number of likely N-dealkylation sites (tertiary alicyclic amines) is 1. The third kappa shape index (κ3) is 5.11. The van der Waals surface area contributed by atoms with Crippen LogP contribution in [0.5, 0.6) is 5.75 Å². The van der Waals surface area contributed by atoms with E-state index in [4.69, 9.17) is 10.5 Å². The number of ether oxygens (including phenoxy) is 1. The highest BCUT2D eigenvalue weighted by Crippen LogP contribution is 2.19. The first kappa shape index (κ1) is 14.2. The highest BCUT2D eigenvalue weighted by molar-refractivity contribution is 5.51. The van der Waals surface area contributed by atoms with E-state index < -0.39 is 0 Å². The number of para-hydroxylation sites is 2. The van der Waals surface area contributed by atoms with Gasteiger partial charge in [0.05, 0.1) is 12.3 Å². The summed E-state index contributed by atoms with van der Waals surface area (Å²) in [7, 11) is 0. The van der Waals surface area contributed by atoms with Gasteiger partial charge in [0.15, 0.2) is 0 Å². The van der Waals surface area contributed by atoms with E-state index in [2.05, 4.69) is 4.90 Å². The SMILES string of the molecule is Nc1ccccc1OCCCN1CCCCCCC1. The molecule has 3 heteroatoms. The largest absolute Gasteiger partial charge is 0.491 e. The normalized spacial score (nSPS) is 17.7. The first-order chi connectivity index (χ1) is 9.36. The summed E-state index contributed by atoms with van der Waals surface area (Å²) in [4.78, 5) is 2.58. The van der Waals surface area contributed by atoms with Gasteiger partial charge in [-0.2, -0.15) is 0 Å². The Morgan fingerprint density at radius 3 is 2.42 bits per heavy atom. The van der Waals surface area contributed by atoms with Crippen LogP contribution in [0.25, 0.3) is 0 Å². The fourth-order valence-electron chi connectivity index (χ4n) is 2.62. The van der Waals surface area contributed by atoms with Crippen molar-refractivity contribution in [3.63, 3.8) is 0 Å². The maximum atomic E-state index is 5.85. The predicted molar refractivity (Wildman–Crippen MR) is 80.5 cm³/mol. The lowest BCUT2D eigenvalue weighted by Gasteiger charge is -2.24. The van der Waals surface area contributed by atoms with Crippen molar-refractivity contribution in [2.45, 2.75) is 38.5 Å². The van der Waals surface area contributed by atoms with Gasteiger partial charge in [0.1, 0.15) is 5.75 Å². The molecule has 1 aliphatic rings. The van der Waals surface area contributed by atoms with Crippen LogP contribution >= 0.6 is 0 Å². The van der Waals surface area contributed by atoms with E-state index in [-0.39, 0.29) is 0 Å². The lowest BCUT2D eigenvalue weighted by atomic mass is 10.1. The van der Waals surface area contributed by atoms with E-state index in [0.717, 1.165) is 31.0 Å². The van der Waals surface area contributed by atoms with E-state index in [9.17, 15) is 0 Å². The lowest BCUT2D eigenvalue weighted by Crippen LogP contribution is -2.29. The average Bonchev–Trinajstić information content (AvgIpc) is 2.38. The quantitative estimate of drug-likeness (QED) is 0.653. The molecule has 106 valence electrons. The first-order valence-corrected chi connectivity index (χ1v) is 7.56. The molecule has 1 aromatic carbocycles. The minimum atomic E-state index is 0.730. The molecule has 0 radical (unpaired) electrons. The zero-order valence-corrected chi connectivity index (χ0v) is 11.8. The Balaban J connectivity index is 1.64. The van der Waals surface area contributed by atoms with Crippen LogP contribution < -0.4 is 10.5 Å². The Labute approximate surface area is 116 Å². The van der Waals surface area contributed by atoms with Gasteiger partial charge in [-0.25, -0.2) is 0 Å². The molecule has 0 aromatic heterocycles. The highest BCUT2D eigenvalue weighted by atomic mass is 16.5. The number of anilines is 1. The van der Waals surface area contributed by atoms with Gasteiger partial charge in [0, 0.05) is 6.54 Å². The van der Waals surface area contributed by atoms with Crippen molar-refractivity contribution in [2.24, 2.45) is 0 Å². The molecule has 1 heterocycles. The summed E-state index contributed by atoms with van der Waals surface area (Å²) in [6.07, 6.45) is 8.00. The summed E-state index contributed by atoms with van der Waals surface area (Å²) in [6, 6.07) is 7.71. The molecule has 0 atom stereocenters. The van der Waals surface area contributed by atoms with Crippen LogP contribution in [-0.4, -0.2) is 31.1 Å². The van der Waals surface area contributed by atoms with Crippen molar-refractivity contribution in [1.82, 2.24) is 4.90 Å². The van der Waals surface area contributed by atoms with Crippen molar-refractivity contribution < 1.29 is 4.74 Å². The molecule has 1 aromatic rings. The van der Waals surface area contributed by atoms with Crippen molar-refractivity contribution in [3.05, 3.63) is 24.3 Å². The smallest absolute Gasteiger partial charge is 0.142 e. The third-order valence-corrected chi connectivity index (χ3v) is 3.74. The molecule has 19 heavy (non-hydrogen) atoms. The first-order valence-electron chi connectivity index (χ1n) is 7.56. The van der Waals surface area contributed by atoms with Gasteiger partial charge in [0.25, 0.3) is 0 Å². The van der Waals surface area contributed by atoms with Gasteiger partial charge in [-0.15, -0.1) is 0 Å². The monoisotopic (exact) mass is 262 g/mol. The molecule has 0 bridgehead atoms. The van der Waals surface area contributed by atoms with Crippen LogP contribution in [0.2, 0.25) is 0 Å². The summed E-state index contributed by atoms with van der Waals surface area (Å²) in [5.41, 5.74) is 6.58. The van der Waals surface area contributed by atoms with Crippen LogP contribution in [0, 0.1) is 0 Å². The summed E-state index contributed by atoms with van der Waals surface area (Å²) < 4.78 is 5.73. The summed E-state index contributed by atoms with van der Waals surface area (Å²) in [6.45, 7) is 4.42. The highest BCUT2D eigenvalue weighted by Gasteiger charge is 2.07. The molecule has 0 spiro atoms. The molecule has 1 fully saturated rings. The Hall–Kier alpha value is -1.22. The van der Waals surface area contributed by atoms with Crippen molar-refractivity contribution >= 4 is 5.69 Å². The second-order valence-electron chi connectivity index (χ2n) is 5.35. The summed E-state index contributed by atoms with van der Waals surface area (Å²) in [5.74, 6) is 0.815. The number of nitrogens with two attached hydrogens (primary N) is 1. The minimum Gasteiger partial charge on any atom is -0.491 e. The summed E-state index contributed by atoms with van der Waals surface area (Å²) >= 11 is 0. The molecule has 0 aliphatic carbocycles. The van der Waals surface area contributed by atoms with Gasteiger partial charge < -0.3 is 15.4 Å². The lowest BCUT2D eigenvalue weighted by molar-refractivity contribution is 0.219. The molecular formula is C16H26N2O. The molecule has 1 saturated heterocycles. The molecule has 0 saturated carbocycles. The van der Waals surface area contributed by atoms with Crippen molar-refractivity contribution in [1.29, 1.82) is 0 Å². The van der Waals surface area contributed by atoms with Crippen LogP contribution in [0.1, 0.15) is 38.5 Å². The molecule has 0 amide bonds. The fraction of sp³-hybridized carbons (Fsp3) is 0.625. The number of hydrogen-bond acceptors (Lipinski definition) is 3. The second kappa shape index (κ2) is 8.05. The number of rotatable bonds is 5. The molecule has 2 N–H and O–H groups in total. The van der Waals surface area contributed by atoms with Gasteiger partial charge in [-0.05, 0) is 44.5 Å². The maximum Gasteiger partial charge on any atom is 0.142 e. The van der Waals surface area contributed by atoms with Crippen LogP contribution in [0.15, 0.2) is 24.3 Å². The Bertz CT molecular complexity index is 360. The molecular weight excluding hydrogens is 236 g/mol. The Morgan fingerprint density at radius 1 is 1.00 bits per heavy atom. The van der Waals surface area contributed by atoms with Gasteiger partial charge in [0.2, 0.25) is 0 Å². The van der Waals surface area contributed by atoms with E-state index in [1.165, 1.54) is 45.2 Å². The average molecular weight is 262 g/mol. The van der Waals surface area contributed by atoms with Crippen LogP contribution in [-0.2, 0) is 0 Å². The van der Waals surface area contributed by atoms with Crippen molar-refractivity contribution in [2.75, 3.05) is 32.0 Å². The van der Waals surface area contributed by atoms with Crippen molar-refractivity contribution in [3.8, 4) is 5.75 Å². The van der Waals surface area contributed by atoms with E-state index in [1.54, 1.807) is 0 Å². The zero-order chi connectivity index (χ0) is 13.3. The number of nitrogens with zero attached hydrogens (tertiary/aromatic N) is 1. The number of nitrogen functional groups attached to an aromatic ring is 1. The maximum absolute atomic E-state index is 5.85. The topological polar surface area (TPSA) is 38.5 Å². The molecule has 0 unspecified atom stereocenters. The summed E-state index contributed by atoms with van der Waals surface area (Å²) in [5, 5.41) is 0. The number of hydrogen-bond donors (Lipinski definition) is 1. The fourth-order valence-corrected chi connectivity index (χ4v) is 2.62. The third-order valence-electron chi connectivity index (χ3n) is 3.74. The van der Waals surface area contributed by atoms with E-state index >= 15 is 0 Å². The standard InChI is InChI=1S/C16H26N2O/c17-15-9-4-5-10-16(15)19-14-8-13-18-11-6-2-1-3-7-12-18/h4-5,9-10H,1-3,6-8,11-14,17H2. The van der Waals surface area contributed by atoms with Crippen LogP contribution in [0.4, 0.5) is 5.69 Å². The van der Waals surface area contributed by atoms with Crippen LogP contribution in [0.3, 0.4) is 0 Å². The molecule has 2 rings (SSSR count).